The van der Waals surface area contributed by atoms with Crippen LogP contribution >= 0.6 is 11.3 Å². The third kappa shape index (κ3) is 6.25. The number of thiazole rings is 1. The van der Waals surface area contributed by atoms with Gasteiger partial charge in [0.05, 0.1) is 35.1 Å². The van der Waals surface area contributed by atoms with Crippen molar-refractivity contribution in [2.75, 3.05) is 51.1 Å². The summed E-state index contributed by atoms with van der Waals surface area (Å²) in [5.41, 5.74) is 0.771. The second-order valence-electron chi connectivity index (χ2n) is 7.65. The predicted molar refractivity (Wildman–Crippen MR) is 136 cm³/mol. The number of ether oxygens (including phenoxy) is 2. The van der Waals surface area contributed by atoms with E-state index in [1.54, 1.807) is 24.1 Å². The van der Waals surface area contributed by atoms with Crippen LogP contribution in [0.4, 0.5) is 5.13 Å². The summed E-state index contributed by atoms with van der Waals surface area (Å²) in [5.74, 6) is 0.744. The van der Waals surface area contributed by atoms with E-state index in [9.17, 15) is 13.2 Å². The number of sulfone groups is 1. The second kappa shape index (κ2) is 11.6. The number of nitrogens with zero attached hydrogens (tertiary/aromatic N) is 3. The number of methoxy groups -OCH3 is 2. The molecule has 0 saturated heterocycles. The minimum absolute atomic E-state index is 0.133. The Balaban J connectivity index is 1.81. The first kappa shape index (κ1) is 25.9. The zero-order valence-electron chi connectivity index (χ0n) is 20.0. The third-order valence-electron chi connectivity index (χ3n) is 5.65. The van der Waals surface area contributed by atoms with Gasteiger partial charge in [-0.2, -0.15) is 0 Å². The molecule has 0 bridgehead atoms. The third-order valence-corrected chi connectivity index (χ3v) is 8.43. The molecule has 0 unspecified atom stereocenters. The molecular weight excluding hydrogens is 474 g/mol. The molecule has 0 spiro atoms. The molecule has 0 saturated carbocycles. The van der Waals surface area contributed by atoms with Crippen LogP contribution in [0.1, 0.15) is 20.3 Å². The number of carbonyl (C=O) groups is 1. The monoisotopic (exact) mass is 505 g/mol. The van der Waals surface area contributed by atoms with E-state index in [1.165, 1.54) is 30.6 Å². The van der Waals surface area contributed by atoms with Gasteiger partial charge >= 0.3 is 0 Å². The Kier molecular flexibility index (Phi) is 8.87. The van der Waals surface area contributed by atoms with E-state index in [2.05, 4.69) is 23.7 Å². The number of hydrogen-bond acceptors (Lipinski definition) is 8. The standard InChI is InChI=1S/C24H31N3O5S2/c1-5-26(6-2)14-15-27(24-25-21-12-9-19(32-4)17-22(21)33-24)23(28)13-16-34(29,30)20-10-7-18(31-3)8-11-20/h7-12,17H,5-6,13-16H2,1-4H3. The Bertz CT molecular complexity index is 1210. The van der Waals surface area contributed by atoms with Gasteiger partial charge in [0.2, 0.25) is 5.91 Å². The average Bonchev–Trinajstić information content (AvgIpc) is 3.28. The fourth-order valence-electron chi connectivity index (χ4n) is 3.50. The second-order valence-corrected chi connectivity index (χ2v) is 10.8. The molecule has 184 valence electrons. The van der Waals surface area contributed by atoms with Crippen molar-refractivity contribution in [3.8, 4) is 11.5 Å². The van der Waals surface area contributed by atoms with Gasteiger partial charge in [0.15, 0.2) is 15.0 Å². The molecule has 2 aromatic carbocycles. The van der Waals surface area contributed by atoms with Crippen molar-refractivity contribution in [1.82, 2.24) is 9.88 Å². The molecule has 0 atom stereocenters. The molecule has 1 heterocycles. The molecule has 10 heteroatoms. The molecule has 0 aliphatic heterocycles. The summed E-state index contributed by atoms with van der Waals surface area (Å²) in [5, 5.41) is 0.558. The Labute approximate surface area is 205 Å². The summed E-state index contributed by atoms with van der Waals surface area (Å²) in [6.45, 7) is 6.97. The highest BCUT2D eigenvalue weighted by Gasteiger charge is 2.24. The van der Waals surface area contributed by atoms with Crippen molar-refractivity contribution in [1.29, 1.82) is 0 Å². The largest absolute Gasteiger partial charge is 0.497 e. The van der Waals surface area contributed by atoms with Crippen molar-refractivity contribution in [3.63, 3.8) is 0 Å². The molecule has 0 aliphatic rings. The quantitative estimate of drug-likeness (QED) is 0.369. The lowest BCUT2D eigenvalue weighted by Crippen LogP contribution is -2.39. The van der Waals surface area contributed by atoms with Crippen LogP contribution in [0.2, 0.25) is 0 Å². The van der Waals surface area contributed by atoms with E-state index in [4.69, 9.17) is 9.47 Å². The molecule has 3 rings (SSSR count). The Morgan fingerprint density at radius 1 is 0.971 bits per heavy atom. The van der Waals surface area contributed by atoms with E-state index < -0.39 is 9.84 Å². The number of amides is 1. The molecule has 0 fully saturated rings. The van der Waals surface area contributed by atoms with Crippen LogP contribution in [0.25, 0.3) is 10.2 Å². The summed E-state index contributed by atoms with van der Waals surface area (Å²) in [4.78, 5) is 21.9. The van der Waals surface area contributed by atoms with E-state index in [1.807, 2.05) is 18.2 Å². The number of aromatic nitrogens is 1. The number of hydrogen-bond donors (Lipinski definition) is 0. The molecule has 34 heavy (non-hydrogen) atoms. The highest BCUT2D eigenvalue weighted by atomic mass is 32.2. The van der Waals surface area contributed by atoms with Crippen LogP contribution in [0.5, 0.6) is 11.5 Å². The van der Waals surface area contributed by atoms with Crippen molar-refractivity contribution in [3.05, 3.63) is 42.5 Å². The number of carbonyl (C=O) groups excluding carboxylic acids is 1. The van der Waals surface area contributed by atoms with Gasteiger partial charge in [-0.3, -0.25) is 9.69 Å². The maximum atomic E-state index is 13.3. The maximum Gasteiger partial charge on any atom is 0.229 e. The molecule has 8 nitrogen and oxygen atoms in total. The van der Waals surface area contributed by atoms with Gasteiger partial charge in [0, 0.05) is 19.5 Å². The van der Waals surface area contributed by atoms with Crippen molar-refractivity contribution in [2.45, 2.75) is 25.2 Å². The molecule has 0 aliphatic carbocycles. The lowest BCUT2D eigenvalue weighted by molar-refractivity contribution is -0.118. The average molecular weight is 506 g/mol. The molecule has 1 amide bonds. The van der Waals surface area contributed by atoms with Crippen LogP contribution < -0.4 is 14.4 Å². The van der Waals surface area contributed by atoms with Crippen LogP contribution in [-0.2, 0) is 14.6 Å². The van der Waals surface area contributed by atoms with Crippen molar-refractivity contribution in [2.24, 2.45) is 0 Å². The van der Waals surface area contributed by atoms with Gasteiger partial charge < -0.3 is 14.4 Å². The summed E-state index contributed by atoms with van der Waals surface area (Å²) in [6, 6.07) is 11.8. The Morgan fingerprint density at radius 3 is 2.24 bits per heavy atom. The predicted octanol–water partition coefficient (Wildman–Crippen LogP) is 3.85. The summed E-state index contributed by atoms with van der Waals surface area (Å²) in [7, 11) is -0.493. The summed E-state index contributed by atoms with van der Waals surface area (Å²) >= 11 is 1.40. The maximum absolute atomic E-state index is 13.3. The van der Waals surface area contributed by atoms with Crippen LogP contribution in [0.3, 0.4) is 0 Å². The van der Waals surface area contributed by atoms with Gasteiger partial charge in [0.25, 0.3) is 0 Å². The van der Waals surface area contributed by atoms with E-state index in [-0.39, 0.29) is 23.0 Å². The van der Waals surface area contributed by atoms with Crippen LogP contribution in [0, 0.1) is 0 Å². The zero-order chi connectivity index (χ0) is 24.7. The molecule has 0 N–H and O–H groups in total. The normalized spacial score (nSPS) is 11.7. The van der Waals surface area contributed by atoms with E-state index >= 15 is 0 Å². The first-order valence-electron chi connectivity index (χ1n) is 11.1. The van der Waals surface area contributed by atoms with Gasteiger partial charge in [-0.1, -0.05) is 25.2 Å². The van der Waals surface area contributed by atoms with Crippen LogP contribution in [-0.4, -0.2) is 70.4 Å². The number of anilines is 1. The van der Waals surface area contributed by atoms with E-state index in [0.29, 0.717) is 29.7 Å². The molecular formula is C24H31N3O5S2. The molecule has 1 aromatic heterocycles. The first-order valence-corrected chi connectivity index (χ1v) is 13.6. The van der Waals surface area contributed by atoms with Crippen LogP contribution in [0.15, 0.2) is 47.4 Å². The molecule has 0 radical (unpaired) electrons. The van der Waals surface area contributed by atoms with Gasteiger partial charge in [-0.25, -0.2) is 13.4 Å². The number of benzene rings is 2. The fraction of sp³-hybridized carbons (Fsp3) is 0.417. The van der Waals surface area contributed by atoms with Gasteiger partial charge in [-0.15, -0.1) is 0 Å². The highest BCUT2D eigenvalue weighted by Crippen LogP contribution is 2.32. The number of fused-ring (bicyclic) bond motifs is 1. The highest BCUT2D eigenvalue weighted by molar-refractivity contribution is 7.91. The topological polar surface area (TPSA) is 89.0 Å². The Morgan fingerprint density at radius 2 is 1.62 bits per heavy atom. The van der Waals surface area contributed by atoms with Crippen molar-refractivity contribution >= 4 is 42.4 Å². The SMILES string of the molecule is CCN(CC)CCN(C(=O)CCS(=O)(=O)c1ccc(OC)cc1)c1nc2ccc(OC)cc2s1. The fourth-order valence-corrected chi connectivity index (χ4v) is 5.77. The Hall–Kier alpha value is -2.69. The minimum atomic E-state index is -3.62. The van der Waals surface area contributed by atoms with E-state index in [0.717, 1.165) is 23.3 Å². The lowest BCUT2D eigenvalue weighted by atomic mass is 10.3. The summed E-state index contributed by atoms with van der Waals surface area (Å²) < 4.78 is 36.9. The minimum Gasteiger partial charge on any atom is -0.497 e. The smallest absolute Gasteiger partial charge is 0.229 e. The zero-order valence-corrected chi connectivity index (χ0v) is 21.6. The number of likely N-dealkylation sites (N-methyl/N-ethyl adjacent to an activating group) is 1. The van der Waals surface area contributed by atoms with Gasteiger partial charge in [0.1, 0.15) is 11.5 Å². The first-order chi connectivity index (χ1) is 16.3. The lowest BCUT2D eigenvalue weighted by Gasteiger charge is -2.24. The van der Waals surface area contributed by atoms with Crippen molar-refractivity contribution < 1.29 is 22.7 Å². The molecule has 3 aromatic rings. The summed E-state index contributed by atoms with van der Waals surface area (Å²) in [6.07, 6.45) is -0.133. The van der Waals surface area contributed by atoms with Gasteiger partial charge in [-0.05, 0) is 55.6 Å². The number of rotatable bonds is 12.